The number of hydrogen-bond acceptors (Lipinski definition) is 4. The molecule has 0 saturated heterocycles. The lowest BCUT2D eigenvalue weighted by molar-refractivity contribution is 0.214. The molecule has 0 fully saturated rings. The van der Waals surface area contributed by atoms with Gasteiger partial charge < -0.3 is 4.90 Å². The first-order valence-electron chi connectivity index (χ1n) is 4.75. The minimum atomic E-state index is -0.497. The number of amides is 1. The molecule has 15 heavy (non-hydrogen) atoms. The van der Waals surface area contributed by atoms with Crippen molar-refractivity contribution in [2.45, 2.75) is 26.3 Å². The van der Waals surface area contributed by atoms with Gasteiger partial charge in [-0.15, -0.1) is 4.68 Å². The van der Waals surface area contributed by atoms with Gasteiger partial charge >= 0.3 is 11.7 Å². The summed E-state index contributed by atoms with van der Waals surface area (Å²) in [7, 11) is 3.11. The van der Waals surface area contributed by atoms with Crippen LogP contribution in [0.15, 0.2) is 4.79 Å². The molecule has 7 nitrogen and oxygen atoms in total. The molecule has 0 aliphatic carbocycles. The van der Waals surface area contributed by atoms with Crippen molar-refractivity contribution in [3.8, 4) is 0 Å². The summed E-state index contributed by atoms with van der Waals surface area (Å²) in [6.45, 7) is 3.78. The van der Waals surface area contributed by atoms with Gasteiger partial charge in [0.25, 0.3) is 0 Å². The monoisotopic (exact) mass is 213 g/mol. The molecule has 0 bridgehead atoms. The summed E-state index contributed by atoms with van der Waals surface area (Å²) in [4.78, 5) is 24.4. The summed E-state index contributed by atoms with van der Waals surface area (Å²) in [5.41, 5.74) is -0.497. The summed E-state index contributed by atoms with van der Waals surface area (Å²) < 4.78 is 1.97. The highest BCUT2D eigenvalue weighted by Gasteiger charge is 2.17. The van der Waals surface area contributed by atoms with Gasteiger partial charge in [0.05, 0.1) is 6.04 Å². The second-order valence-electron chi connectivity index (χ2n) is 3.55. The molecular formula is C8H15N5O2. The van der Waals surface area contributed by atoms with Crippen molar-refractivity contribution in [1.82, 2.24) is 24.7 Å². The van der Waals surface area contributed by atoms with Crippen LogP contribution >= 0.6 is 0 Å². The van der Waals surface area contributed by atoms with Crippen LogP contribution < -0.4 is 5.69 Å². The summed E-state index contributed by atoms with van der Waals surface area (Å²) in [5, 5.41) is 7.19. The highest BCUT2D eigenvalue weighted by Crippen LogP contribution is 2.02. The Hall–Kier alpha value is -1.66. The van der Waals surface area contributed by atoms with Gasteiger partial charge in [-0.3, -0.25) is 0 Å². The van der Waals surface area contributed by atoms with Crippen molar-refractivity contribution in [1.29, 1.82) is 0 Å². The Kier molecular flexibility index (Phi) is 3.23. The predicted molar refractivity (Wildman–Crippen MR) is 53.8 cm³/mol. The van der Waals surface area contributed by atoms with Crippen LogP contribution in [0.2, 0.25) is 0 Å². The van der Waals surface area contributed by atoms with Gasteiger partial charge in [0.15, 0.2) is 0 Å². The van der Waals surface area contributed by atoms with E-state index in [9.17, 15) is 9.59 Å². The van der Waals surface area contributed by atoms with E-state index in [0.717, 1.165) is 11.1 Å². The molecule has 0 spiro atoms. The molecule has 1 heterocycles. The maximum absolute atomic E-state index is 11.7. The Bertz CT molecular complexity index is 405. The molecule has 1 unspecified atom stereocenters. The number of carbonyl (C=O) groups excluding carboxylic acids is 1. The quantitative estimate of drug-likeness (QED) is 0.645. The average Bonchev–Trinajstić information content (AvgIpc) is 2.57. The average molecular weight is 213 g/mol. The Balaban J connectivity index is 3.10. The van der Waals surface area contributed by atoms with Crippen molar-refractivity contribution in [3.63, 3.8) is 0 Å². The van der Waals surface area contributed by atoms with E-state index in [1.165, 1.54) is 9.58 Å². The number of tetrazole rings is 1. The van der Waals surface area contributed by atoms with Crippen molar-refractivity contribution in [2.75, 3.05) is 14.1 Å². The van der Waals surface area contributed by atoms with Crippen molar-refractivity contribution < 1.29 is 4.79 Å². The standard InChI is InChI=1S/C8H15N5O2/c1-5-6(2)12-8(15)13(10-9-12)7(14)11(3)4/h6H,5H2,1-4H3. The lowest BCUT2D eigenvalue weighted by Gasteiger charge is -2.07. The highest BCUT2D eigenvalue weighted by molar-refractivity contribution is 5.74. The smallest absolute Gasteiger partial charge is 0.329 e. The Labute approximate surface area is 87.3 Å². The summed E-state index contributed by atoms with van der Waals surface area (Å²) >= 11 is 0. The van der Waals surface area contributed by atoms with Gasteiger partial charge in [-0.05, 0) is 23.8 Å². The molecule has 1 rings (SSSR count). The first kappa shape index (κ1) is 11.4. The highest BCUT2D eigenvalue weighted by atomic mass is 16.2. The molecule has 0 aliphatic heterocycles. The molecule has 84 valence electrons. The third kappa shape index (κ3) is 2.05. The normalized spacial score (nSPS) is 12.5. The first-order chi connectivity index (χ1) is 6.99. The van der Waals surface area contributed by atoms with E-state index in [2.05, 4.69) is 10.4 Å². The fourth-order valence-electron chi connectivity index (χ4n) is 1.02. The van der Waals surface area contributed by atoms with Crippen LogP contribution in [0.4, 0.5) is 4.79 Å². The summed E-state index contributed by atoms with van der Waals surface area (Å²) in [5.74, 6) is 0. The minimum Gasteiger partial charge on any atom is -0.329 e. The topological polar surface area (TPSA) is 73.0 Å². The van der Waals surface area contributed by atoms with E-state index in [1.807, 2.05) is 13.8 Å². The number of carbonyl (C=O) groups is 1. The van der Waals surface area contributed by atoms with Crippen molar-refractivity contribution in [2.24, 2.45) is 0 Å². The third-order valence-electron chi connectivity index (χ3n) is 2.18. The van der Waals surface area contributed by atoms with E-state index >= 15 is 0 Å². The van der Waals surface area contributed by atoms with Gasteiger partial charge in [-0.2, -0.15) is 4.68 Å². The number of nitrogens with zero attached hydrogens (tertiary/aromatic N) is 5. The maximum Gasteiger partial charge on any atom is 0.372 e. The number of hydrogen-bond donors (Lipinski definition) is 0. The summed E-state index contributed by atoms with van der Waals surface area (Å²) in [6.07, 6.45) is 0.759. The molecule has 1 aromatic rings. The number of rotatable bonds is 2. The zero-order chi connectivity index (χ0) is 11.6. The maximum atomic E-state index is 11.7. The van der Waals surface area contributed by atoms with E-state index in [0.29, 0.717) is 0 Å². The first-order valence-corrected chi connectivity index (χ1v) is 4.75. The van der Waals surface area contributed by atoms with Gasteiger partial charge in [0, 0.05) is 14.1 Å². The zero-order valence-electron chi connectivity index (χ0n) is 9.34. The largest absolute Gasteiger partial charge is 0.372 e. The van der Waals surface area contributed by atoms with Crippen LogP contribution in [0.5, 0.6) is 0 Å². The molecule has 7 heteroatoms. The lowest BCUT2D eigenvalue weighted by Crippen LogP contribution is -2.37. The molecule has 0 aliphatic rings. The van der Waals surface area contributed by atoms with Crippen LogP contribution in [0.25, 0.3) is 0 Å². The Morgan fingerprint density at radius 2 is 2.07 bits per heavy atom. The van der Waals surface area contributed by atoms with Crippen LogP contribution in [-0.2, 0) is 0 Å². The number of aromatic nitrogens is 4. The third-order valence-corrected chi connectivity index (χ3v) is 2.18. The van der Waals surface area contributed by atoms with Crippen molar-refractivity contribution >= 4 is 6.03 Å². The van der Waals surface area contributed by atoms with Crippen LogP contribution in [0.3, 0.4) is 0 Å². The van der Waals surface area contributed by atoms with Crippen LogP contribution in [-0.4, -0.2) is 44.8 Å². The minimum absolute atomic E-state index is 0.0544. The second kappa shape index (κ2) is 4.24. The van der Waals surface area contributed by atoms with E-state index in [4.69, 9.17) is 0 Å². The van der Waals surface area contributed by atoms with Gasteiger partial charge in [-0.1, -0.05) is 6.92 Å². The fraction of sp³-hybridized carbons (Fsp3) is 0.750. The SMILES string of the molecule is CCC(C)n1nnn(C(=O)N(C)C)c1=O. The molecule has 1 aromatic heterocycles. The zero-order valence-corrected chi connectivity index (χ0v) is 9.34. The van der Waals surface area contributed by atoms with Crippen LogP contribution in [0, 0.1) is 0 Å². The van der Waals surface area contributed by atoms with Gasteiger partial charge in [-0.25, -0.2) is 9.59 Å². The molecule has 0 saturated carbocycles. The predicted octanol–water partition coefficient (Wildman–Crippen LogP) is -0.0595. The van der Waals surface area contributed by atoms with Gasteiger partial charge in [0.1, 0.15) is 0 Å². The summed E-state index contributed by atoms with van der Waals surface area (Å²) in [6, 6.07) is -0.546. The second-order valence-corrected chi connectivity index (χ2v) is 3.55. The molecule has 1 atom stereocenters. The molecule has 0 aromatic carbocycles. The van der Waals surface area contributed by atoms with E-state index in [1.54, 1.807) is 14.1 Å². The molecular weight excluding hydrogens is 198 g/mol. The fourth-order valence-corrected chi connectivity index (χ4v) is 1.02. The van der Waals surface area contributed by atoms with E-state index in [-0.39, 0.29) is 6.04 Å². The lowest BCUT2D eigenvalue weighted by atomic mass is 10.3. The van der Waals surface area contributed by atoms with Crippen molar-refractivity contribution in [3.05, 3.63) is 10.5 Å². The Morgan fingerprint density at radius 3 is 2.53 bits per heavy atom. The molecule has 0 N–H and O–H groups in total. The molecule has 1 amide bonds. The Morgan fingerprint density at radius 1 is 1.47 bits per heavy atom. The van der Waals surface area contributed by atoms with Gasteiger partial charge in [0.2, 0.25) is 0 Å². The van der Waals surface area contributed by atoms with Crippen LogP contribution in [0.1, 0.15) is 26.3 Å². The van der Waals surface area contributed by atoms with E-state index < -0.39 is 11.7 Å². The molecule has 0 radical (unpaired) electrons.